The first-order chi connectivity index (χ1) is 9.20. The molecule has 3 nitrogen and oxygen atoms in total. The van der Waals surface area contributed by atoms with Gasteiger partial charge in [-0.25, -0.2) is 4.39 Å². The lowest BCUT2D eigenvalue weighted by Gasteiger charge is -2.06. The molecule has 0 aromatic heterocycles. The van der Waals surface area contributed by atoms with Gasteiger partial charge in [0.25, 0.3) is 5.91 Å². The van der Waals surface area contributed by atoms with Gasteiger partial charge in [-0.05, 0) is 23.8 Å². The first kappa shape index (κ1) is 13.2. The van der Waals surface area contributed by atoms with Gasteiger partial charge in [0.05, 0.1) is 6.61 Å². The fraction of sp³-hybridized carbons (Fsp3) is 0.133. The van der Waals surface area contributed by atoms with Crippen LogP contribution in [0.4, 0.5) is 4.39 Å². The number of amides is 1. The third-order valence-corrected chi connectivity index (χ3v) is 2.80. The largest absolute Gasteiger partial charge is 0.392 e. The molecular formula is C15H14FNO2. The van der Waals surface area contributed by atoms with Gasteiger partial charge >= 0.3 is 0 Å². The van der Waals surface area contributed by atoms with Crippen LogP contribution in [0, 0.1) is 5.82 Å². The van der Waals surface area contributed by atoms with Gasteiger partial charge in [-0.2, -0.15) is 0 Å². The molecule has 98 valence electrons. The summed E-state index contributed by atoms with van der Waals surface area (Å²) in [6.07, 6.45) is 0. The Hall–Kier alpha value is -2.20. The van der Waals surface area contributed by atoms with Gasteiger partial charge < -0.3 is 10.4 Å². The molecule has 0 saturated heterocycles. The van der Waals surface area contributed by atoms with Crippen molar-refractivity contribution in [2.24, 2.45) is 0 Å². The van der Waals surface area contributed by atoms with Crippen LogP contribution in [0.15, 0.2) is 48.5 Å². The first-order valence-corrected chi connectivity index (χ1v) is 5.92. The van der Waals surface area contributed by atoms with Crippen LogP contribution >= 0.6 is 0 Å². The summed E-state index contributed by atoms with van der Waals surface area (Å²) in [5, 5.41) is 11.6. The monoisotopic (exact) mass is 259 g/mol. The number of aliphatic hydroxyl groups is 1. The van der Waals surface area contributed by atoms with Crippen LogP contribution < -0.4 is 5.32 Å². The quantitative estimate of drug-likeness (QED) is 0.884. The van der Waals surface area contributed by atoms with Crippen LogP contribution in [0.25, 0.3) is 0 Å². The molecular weight excluding hydrogens is 245 g/mol. The molecule has 0 bridgehead atoms. The number of carbonyl (C=O) groups excluding carboxylic acids is 1. The summed E-state index contributed by atoms with van der Waals surface area (Å²) in [5.74, 6) is -0.605. The molecule has 2 aromatic rings. The summed E-state index contributed by atoms with van der Waals surface area (Å²) in [6.45, 7) is 0.0877. The van der Waals surface area contributed by atoms with Crippen molar-refractivity contribution in [2.45, 2.75) is 13.2 Å². The minimum Gasteiger partial charge on any atom is -0.392 e. The van der Waals surface area contributed by atoms with Crippen LogP contribution in [0.1, 0.15) is 21.5 Å². The Morgan fingerprint density at radius 2 is 1.79 bits per heavy atom. The summed E-state index contributed by atoms with van der Waals surface area (Å²) in [4.78, 5) is 11.8. The van der Waals surface area contributed by atoms with Crippen molar-refractivity contribution in [1.29, 1.82) is 0 Å². The van der Waals surface area contributed by atoms with Gasteiger partial charge in [0.2, 0.25) is 0 Å². The lowest BCUT2D eigenvalue weighted by Crippen LogP contribution is -2.23. The highest BCUT2D eigenvalue weighted by atomic mass is 19.1. The Kier molecular flexibility index (Phi) is 4.26. The highest BCUT2D eigenvalue weighted by molar-refractivity contribution is 5.94. The van der Waals surface area contributed by atoms with E-state index in [9.17, 15) is 9.18 Å². The molecule has 0 fully saturated rings. The fourth-order valence-electron chi connectivity index (χ4n) is 1.68. The molecule has 2 rings (SSSR count). The summed E-state index contributed by atoms with van der Waals surface area (Å²) in [5.41, 5.74) is 1.67. The number of benzene rings is 2. The smallest absolute Gasteiger partial charge is 0.251 e. The molecule has 0 radical (unpaired) electrons. The van der Waals surface area contributed by atoms with E-state index in [0.717, 1.165) is 5.56 Å². The predicted molar refractivity (Wildman–Crippen MR) is 69.9 cm³/mol. The number of carbonyl (C=O) groups is 1. The molecule has 4 heteroatoms. The van der Waals surface area contributed by atoms with Gasteiger partial charge in [-0.3, -0.25) is 4.79 Å². The van der Waals surface area contributed by atoms with Crippen LogP contribution in [0.2, 0.25) is 0 Å². The lowest BCUT2D eigenvalue weighted by atomic mass is 10.1. The van der Waals surface area contributed by atoms with Crippen molar-refractivity contribution >= 4 is 5.91 Å². The average Bonchev–Trinajstić information content (AvgIpc) is 2.46. The maximum Gasteiger partial charge on any atom is 0.251 e. The number of hydrogen-bond acceptors (Lipinski definition) is 2. The van der Waals surface area contributed by atoms with Crippen molar-refractivity contribution < 1.29 is 14.3 Å². The Morgan fingerprint density at radius 3 is 2.42 bits per heavy atom. The topological polar surface area (TPSA) is 49.3 Å². The van der Waals surface area contributed by atoms with E-state index in [2.05, 4.69) is 5.32 Å². The van der Waals surface area contributed by atoms with Gasteiger partial charge in [0, 0.05) is 17.7 Å². The van der Waals surface area contributed by atoms with Crippen molar-refractivity contribution in [1.82, 2.24) is 5.32 Å². The van der Waals surface area contributed by atoms with E-state index in [1.54, 1.807) is 42.5 Å². The van der Waals surface area contributed by atoms with Crippen molar-refractivity contribution in [2.75, 3.05) is 0 Å². The molecule has 2 aromatic carbocycles. The molecule has 0 unspecified atom stereocenters. The summed E-state index contributed by atoms with van der Waals surface area (Å²) in [6, 6.07) is 12.9. The highest BCUT2D eigenvalue weighted by Crippen LogP contribution is 2.07. The third kappa shape index (κ3) is 3.39. The zero-order valence-electron chi connectivity index (χ0n) is 10.3. The SMILES string of the molecule is O=C(NCc1ccccc1F)c1ccc(CO)cc1. The molecule has 0 spiro atoms. The van der Waals surface area contributed by atoms with Gasteiger partial charge in [-0.15, -0.1) is 0 Å². The Bertz CT molecular complexity index is 567. The molecule has 0 atom stereocenters. The summed E-state index contributed by atoms with van der Waals surface area (Å²) < 4.78 is 13.4. The van der Waals surface area contributed by atoms with E-state index in [0.29, 0.717) is 11.1 Å². The first-order valence-electron chi connectivity index (χ1n) is 5.92. The average molecular weight is 259 g/mol. The van der Waals surface area contributed by atoms with Crippen molar-refractivity contribution in [3.05, 3.63) is 71.0 Å². The molecule has 0 aliphatic rings. The molecule has 0 aliphatic carbocycles. The van der Waals surface area contributed by atoms with Crippen molar-refractivity contribution in [3.63, 3.8) is 0 Å². The molecule has 0 aliphatic heterocycles. The van der Waals surface area contributed by atoms with Gasteiger partial charge in [-0.1, -0.05) is 30.3 Å². The van der Waals surface area contributed by atoms with Crippen molar-refractivity contribution in [3.8, 4) is 0 Å². The molecule has 19 heavy (non-hydrogen) atoms. The Morgan fingerprint density at radius 1 is 1.11 bits per heavy atom. The van der Waals surface area contributed by atoms with E-state index in [1.807, 2.05) is 0 Å². The zero-order chi connectivity index (χ0) is 13.7. The second-order valence-electron chi connectivity index (χ2n) is 4.13. The van der Waals surface area contributed by atoms with E-state index in [1.165, 1.54) is 6.07 Å². The normalized spacial score (nSPS) is 10.2. The number of rotatable bonds is 4. The van der Waals surface area contributed by atoms with Crippen LogP contribution in [0.3, 0.4) is 0 Å². The summed E-state index contributed by atoms with van der Waals surface area (Å²) in [7, 11) is 0. The number of aliphatic hydroxyl groups excluding tert-OH is 1. The summed E-state index contributed by atoms with van der Waals surface area (Å²) >= 11 is 0. The number of hydrogen-bond donors (Lipinski definition) is 2. The van der Waals surface area contributed by atoms with Gasteiger partial charge in [0.1, 0.15) is 5.82 Å². The zero-order valence-corrected chi connectivity index (χ0v) is 10.3. The van der Waals surface area contributed by atoms with E-state index in [-0.39, 0.29) is 24.9 Å². The second kappa shape index (κ2) is 6.11. The second-order valence-corrected chi connectivity index (χ2v) is 4.13. The maximum absolute atomic E-state index is 13.4. The van der Waals surface area contributed by atoms with Crippen LogP contribution in [0.5, 0.6) is 0 Å². The van der Waals surface area contributed by atoms with E-state index < -0.39 is 0 Å². The molecule has 0 saturated carbocycles. The van der Waals surface area contributed by atoms with Gasteiger partial charge in [0.15, 0.2) is 0 Å². The standard InChI is InChI=1S/C15H14FNO2/c16-14-4-2-1-3-13(14)9-17-15(19)12-7-5-11(10-18)6-8-12/h1-8,18H,9-10H2,(H,17,19). The van der Waals surface area contributed by atoms with E-state index >= 15 is 0 Å². The fourth-order valence-corrected chi connectivity index (χ4v) is 1.68. The minimum atomic E-state index is -0.335. The number of nitrogens with one attached hydrogen (secondary N) is 1. The van der Waals surface area contributed by atoms with Crippen LogP contribution in [-0.2, 0) is 13.2 Å². The molecule has 2 N–H and O–H groups in total. The van der Waals surface area contributed by atoms with Crippen LogP contribution in [-0.4, -0.2) is 11.0 Å². The molecule has 1 amide bonds. The predicted octanol–water partition coefficient (Wildman–Crippen LogP) is 2.25. The Labute approximate surface area is 110 Å². The maximum atomic E-state index is 13.4. The minimum absolute atomic E-state index is 0.0584. The van der Waals surface area contributed by atoms with E-state index in [4.69, 9.17) is 5.11 Å². The third-order valence-electron chi connectivity index (χ3n) is 2.80. The highest BCUT2D eigenvalue weighted by Gasteiger charge is 2.06. The Balaban J connectivity index is 1.99. The lowest BCUT2D eigenvalue weighted by molar-refractivity contribution is 0.0950. The number of halogens is 1. The molecule has 0 heterocycles.